The van der Waals surface area contributed by atoms with Gasteiger partial charge in [-0.15, -0.1) is 0 Å². The van der Waals surface area contributed by atoms with Crippen molar-refractivity contribution in [2.24, 2.45) is 5.92 Å². The van der Waals surface area contributed by atoms with Gasteiger partial charge in [0.2, 0.25) is 0 Å². The Labute approximate surface area is 297 Å². The number of nitrogens with one attached hydrogen (secondary N) is 1. The SMILES string of the molecule is C=Cc1nc(N2CCc3cccc(C(=C)Nc4ncc(/C=C\C=C/C)s4)c3C2)ccc1CCCCc1ccc(CC2CCN(C)CC2)cc1. The van der Waals surface area contributed by atoms with Gasteiger partial charge in [0.25, 0.3) is 0 Å². The van der Waals surface area contributed by atoms with Crippen LogP contribution in [0.3, 0.4) is 0 Å². The van der Waals surface area contributed by atoms with Gasteiger partial charge in [-0.2, -0.15) is 0 Å². The Balaban J connectivity index is 1.02. The fraction of sp³-hybridized carbons (Fsp3) is 0.349. The van der Waals surface area contributed by atoms with Crippen LogP contribution in [0, 0.1) is 5.92 Å². The molecule has 2 aliphatic heterocycles. The van der Waals surface area contributed by atoms with Crippen molar-refractivity contribution in [3.63, 3.8) is 0 Å². The second kappa shape index (κ2) is 16.9. The lowest BCUT2D eigenvalue weighted by molar-refractivity contribution is 0.219. The van der Waals surface area contributed by atoms with E-state index in [9.17, 15) is 0 Å². The van der Waals surface area contributed by atoms with Crippen LogP contribution in [-0.2, 0) is 32.2 Å². The minimum atomic E-state index is 0.793. The molecule has 0 atom stereocenters. The summed E-state index contributed by atoms with van der Waals surface area (Å²) in [4.78, 5) is 15.6. The largest absolute Gasteiger partial charge is 0.352 e. The van der Waals surface area contributed by atoms with Crippen LogP contribution >= 0.6 is 11.3 Å². The number of hydrogen-bond acceptors (Lipinski definition) is 6. The number of nitrogens with zero attached hydrogens (tertiary/aromatic N) is 4. The highest BCUT2D eigenvalue weighted by Gasteiger charge is 2.22. The van der Waals surface area contributed by atoms with Gasteiger partial charge >= 0.3 is 0 Å². The fourth-order valence-electron chi connectivity index (χ4n) is 7.08. The summed E-state index contributed by atoms with van der Waals surface area (Å²) in [6.45, 7) is 14.8. The molecule has 1 saturated heterocycles. The number of piperidine rings is 1. The van der Waals surface area contributed by atoms with E-state index < -0.39 is 0 Å². The van der Waals surface area contributed by atoms with Gasteiger partial charge in [-0.1, -0.05) is 91.3 Å². The summed E-state index contributed by atoms with van der Waals surface area (Å²) in [5.41, 5.74) is 9.91. The molecule has 0 bridgehead atoms. The van der Waals surface area contributed by atoms with Gasteiger partial charge in [0.1, 0.15) is 5.82 Å². The van der Waals surface area contributed by atoms with Crippen LogP contribution in [0.5, 0.6) is 0 Å². The summed E-state index contributed by atoms with van der Waals surface area (Å²) >= 11 is 1.62. The van der Waals surface area contributed by atoms with Crippen molar-refractivity contribution in [1.29, 1.82) is 0 Å². The molecule has 254 valence electrons. The highest BCUT2D eigenvalue weighted by molar-refractivity contribution is 7.16. The predicted octanol–water partition coefficient (Wildman–Crippen LogP) is 9.87. The van der Waals surface area contributed by atoms with Gasteiger partial charge < -0.3 is 15.1 Å². The molecule has 0 amide bonds. The van der Waals surface area contributed by atoms with E-state index in [1.807, 2.05) is 37.4 Å². The van der Waals surface area contributed by atoms with Gasteiger partial charge in [-0.3, -0.25) is 0 Å². The summed E-state index contributed by atoms with van der Waals surface area (Å²) in [6.07, 6.45) is 21.3. The average Bonchev–Trinajstić information content (AvgIpc) is 3.58. The molecule has 2 aromatic heterocycles. The van der Waals surface area contributed by atoms with E-state index in [1.54, 1.807) is 11.3 Å². The number of allylic oxidation sites excluding steroid dienone is 3. The molecule has 4 heterocycles. The summed E-state index contributed by atoms with van der Waals surface area (Å²) in [7, 11) is 2.24. The third-order valence-electron chi connectivity index (χ3n) is 10.0. The Kier molecular flexibility index (Phi) is 11.9. The molecule has 5 nitrogen and oxygen atoms in total. The zero-order chi connectivity index (χ0) is 34.0. The molecule has 2 aliphatic rings. The molecular weight excluding hydrogens is 619 g/mol. The minimum Gasteiger partial charge on any atom is -0.352 e. The molecule has 0 radical (unpaired) electrons. The Hall–Kier alpha value is -4.26. The minimum absolute atomic E-state index is 0.793. The lowest BCUT2D eigenvalue weighted by atomic mass is 9.90. The highest BCUT2D eigenvalue weighted by Crippen LogP contribution is 2.32. The summed E-state index contributed by atoms with van der Waals surface area (Å²) in [5, 5.41) is 4.31. The molecule has 0 aliphatic carbocycles. The van der Waals surface area contributed by atoms with Crippen molar-refractivity contribution < 1.29 is 0 Å². The number of anilines is 2. The standard InChI is InChI=1S/C43H51N5S/c1-5-7-8-15-38-30-44-43(49-38)45-32(3)39-16-11-14-36-25-28-48(31-40(36)39)42-22-21-37(41(6-2)46-42)13-10-9-12-33-17-19-34(20-18-33)29-35-23-26-47(4)27-24-35/h5-8,11,14-22,30,35H,2-3,9-10,12-13,23-29,31H2,1,4H3,(H,44,45)/b7-5-,15-8-. The maximum Gasteiger partial charge on any atom is 0.187 e. The first-order valence-corrected chi connectivity index (χ1v) is 18.8. The van der Waals surface area contributed by atoms with Crippen molar-refractivity contribution in [2.75, 3.05) is 36.9 Å². The Morgan fingerprint density at radius 2 is 1.78 bits per heavy atom. The number of hydrogen-bond donors (Lipinski definition) is 1. The number of aromatic nitrogens is 2. The number of aryl methyl sites for hydroxylation is 2. The van der Waals surface area contributed by atoms with Gasteiger partial charge in [0.15, 0.2) is 5.13 Å². The number of thiazole rings is 1. The Morgan fingerprint density at radius 3 is 2.57 bits per heavy atom. The van der Waals surface area contributed by atoms with E-state index >= 15 is 0 Å². The van der Waals surface area contributed by atoms with Crippen LogP contribution < -0.4 is 10.2 Å². The molecule has 0 saturated carbocycles. The molecule has 1 fully saturated rings. The van der Waals surface area contributed by atoms with Crippen LogP contribution in [0.15, 0.2) is 92.2 Å². The molecule has 49 heavy (non-hydrogen) atoms. The van der Waals surface area contributed by atoms with Crippen LogP contribution in [0.4, 0.5) is 10.9 Å². The number of rotatable bonds is 14. The first-order chi connectivity index (χ1) is 24.0. The third-order valence-corrected chi connectivity index (χ3v) is 10.9. The Morgan fingerprint density at radius 1 is 0.980 bits per heavy atom. The van der Waals surface area contributed by atoms with Gasteiger partial charge in [-0.05, 0) is 130 Å². The molecule has 0 spiro atoms. The van der Waals surface area contributed by atoms with Crippen molar-refractivity contribution in [1.82, 2.24) is 14.9 Å². The smallest absolute Gasteiger partial charge is 0.187 e. The average molecular weight is 670 g/mol. The van der Waals surface area contributed by atoms with Gasteiger partial charge in [0, 0.05) is 35.4 Å². The van der Waals surface area contributed by atoms with E-state index in [0.29, 0.717) is 0 Å². The quantitative estimate of drug-likeness (QED) is 0.107. The van der Waals surface area contributed by atoms with Crippen molar-refractivity contribution >= 4 is 40.1 Å². The summed E-state index contributed by atoms with van der Waals surface area (Å²) in [6, 6.07) is 20.4. The topological polar surface area (TPSA) is 44.3 Å². The first-order valence-electron chi connectivity index (χ1n) is 17.9. The second-order valence-electron chi connectivity index (χ2n) is 13.6. The van der Waals surface area contributed by atoms with E-state index in [4.69, 9.17) is 4.98 Å². The van der Waals surface area contributed by atoms with Gasteiger partial charge in [-0.25, -0.2) is 9.97 Å². The molecule has 0 unspecified atom stereocenters. The highest BCUT2D eigenvalue weighted by atomic mass is 32.1. The molecule has 6 rings (SSSR count). The molecule has 4 aromatic rings. The van der Waals surface area contributed by atoms with E-state index in [1.165, 1.54) is 66.6 Å². The number of fused-ring (bicyclic) bond motifs is 1. The van der Waals surface area contributed by atoms with Gasteiger partial charge in [0.05, 0.1) is 5.69 Å². The fourth-order valence-corrected chi connectivity index (χ4v) is 7.84. The lowest BCUT2D eigenvalue weighted by Crippen LogP contribution is -2.32. The van der Waals surface area contributed by atoms with Crippen LogP contribution in [0.1, 0.15) is 76.6 Å². The Bertz CT molecular complexity index is 1770. The third kappa shape index (κ3) is 9.26. The maximum atomic E-state index is 5.11. The predicted molar refractivity (Wildman–Crippen MR) is 211 cm³/mol. The molecule has 1 N–H and O–H groups in total. The van der Waals surface area contributed by atoms with Crippen molar-refractivity contribution in [3.8, 4) is 0 Å². The molecule has 2 aromatic carbocycles. The monoisotopic (exact) mass is 669 g/mol. The number of benzene rings is 2. The van der Waals surface area contributed by atoms with Crippen molar-refractivity contribution in [2.45, 2.75) is 64.8 Å². The van der Waals surface area contributed by atoms with Crippen molar-refractivity contribution in [3.05, 3.63) is 136 Å². The first kappa shape index (κ1) is 34.6. The number of likely N-dealkylation sites (tertiary alicyclic amines) is 1. The van der Waals surface area contributed by atoms with Crippen LogP contribution in [0.25, 0.3) is 17.8 Å². The molecular formula is C43H51N5S. The lowest BCUT2D eigenvalue weighted by Gasteiger charge is -2.32. The number of unbranched alkanes of at least 4 members (excludes halogenated alkanes) is 1. The zero-order valence-corrected chi connectivity index (χ0v) is 30.2. The van der Waals surface area contributed by atoms with E-state index in [2.05, 4.69) is 101 Å². The summed E-state index contributed by atoms with van der Waals surface area (Å²) in [5.74, 6) is 1.85. The second-order valence-corrected chi connectivity index (χ2v) is 14.6. The normalized spacial score (nSPS) is 15.6. The van der Waals surface area contributed by atoms with Crippen LogP contribution in [-0.4, -0.2) is 41.5 Å². The summed E-state index contributed by atoms with van der Waals surface area (Å²) < 4.78 is 0. The molecule has 6 heteroatoms. The zero-order valence-electron chi connectivity index (χ0n) is 29.3. The maximum absolute atomic E-state index is 5.11. The van der Waals surface area contributed by atoms with Crippen LogP contribution in [0.2, 0.25) is 0 Å². The van der Waals surface area contributed by atoms with E-state index in [0.717, 1.165) is 77.5 Å². The van der Waals surface area contributed by atoms with E-state index in [-0.39, 0.29) is 0 Å². The number of pyridine rings is 1.